The van der Waals surface area contributed by atoms with Crippen molar-refractivity contribution in [3.05, 3.63) is 23.3 Å². The molecule has 0 aliphatic heterocycles. The van der Waals surface area contributed by atoms with E-state index in [4.69, 9.17) is 5.11 Å². The lowest BCUT2D eigenvalue weighted by molar-refractivity contribution is -0.136. The quantitative estimate of drug-likeness (QED) is 0.687. The van der Waals surface area contributed by atoms with Crippen LogP contribution in [0, 0.1) is 17.3 Å². The lowest BCUT2D eigenvalue weighted by Gasteiger charge is -2.50. The number of aromatic hydroxyl groups is 1. The van der Waals surface area contributed by atoms with Gasteiger partial charge < -0.3 is 15.3 Å². The molecule has 1 aromatic rings. The average molecular weight is 377 g/mol. The van der Waals surface area contributed by atoms with E-state index in [-0.39, 0.29) is 23.7 Å². The van der Waals surface area contributed by atoms with Gasteiger partial charge in [0.1, 0.15) is 5.75 Å². The number of phenols is 1. The molecule has 0 heterocycles. The second-order valence-corrected chi connectivity index (χ2v) is 9.63. The molecule has 5 atom stereocenters. The fourth-order valence-corrected chi connectivity index (χ4v) is 7.09. The van der Waals surface area contributed by atoms with Crippen LogP contribution in [-0.2, 0) is 11.2 Å². The van der Waals surface area contributed by atoms with Crippen LogP contribution in [0.5, 0.6) is 5.75 Å². The highest BCUT2D eigenvalue weighted by atomic mass is 32.2. The predicted octanol–water partition coefficient (Wildman–Crippen LogP) is 4.18. The minimum atomic E-state index is -0.798. The number of carbonyl (C=O) groups is 1. The zero-order chi connectivity index (χ0) is 18.5. The van der Waals surface area contributed by atoms with Gasteiger partial charge in [-0.25, -0.2) is 0 Å². The summed E-state index contributed by atoms with van der Waals surface area (Å²) in [6, 6.07) is 3.89. The van der Waals surface area contributed by atoms with Gasteiger partial charge in [-0.1, -0.05) is 13.0 Å². The third kappa shape index (κ3) is 2.84. The molecule has 0 spiro atoms. The van der Waals surface area contributed by atoms with Crippen LogP contribution in [0.1, 0.15) is 62.5 Å². The Bertz CT molecular complexity index is 718. The van der Waals surface area contributed by atoms with Crippen molar-refractivity contribution >= 4 is 17.7 Å². The molecule has 0 aromatic heterocycles. The van der Waals surface area contributed by atoms with Crippen LogP contribution in [-0.4, -0.2) is 33.1 Å². The maximum Gasteiger partial charge on any atom is 0.304 e. The van der Waals surface area contributed by atoms with Gasteiger partial charge in [0.25, 0.3) is 0 Å². The second kappa shape index (κ2) is 6.75. The van der Waals surface area contributed by atoms with Crippen LogP contribution < -0.4 is 0 Å². The van der Waals surface area contributed by atoms with Crippen LogP contribution in [0.4, 0.5) is 0 Å². The number of fused-ring (bicyclic) bond motifs is 5. The Kier molecular flexibility index (Phi) is 4.72. The topological polar surface area (TPSA) is 77.8 Å². The van der Waals surface area contributed by atoms with E-state index in [0.717, 1.165) is 43.4 Å². The zero-order valence-electron chi connectivity index (χ0n) is 15.3. The highest BCUT2D eigenvalue weighted by Crippen LogP contribution is 2.61. The maximum absolute atomic E-state index is 10.8. The lowest BCUT2D eigenvalue weighted by atomic mass is 9.55. The molecule has 4 rings (SSSR count). The molecule has 2 saturated carbocycles. The molecule has 0 bridgehead atoms. The van der Waals surface area contributed by atoms with Crippen molar-refractivity contribution in [1.82, 2.24) is 0 Å². The minimum Gasteiger partial charge on any atom is -0.507 e. The van der Waals surface area contributed by atoms with Crippen LogP contribution in [0.15, 0.2) is 17.0 Å². The Morgan fingerprint density at radius 3 is 2.85 bits per heavy atom. The number of aliphatic hydroxyl groups is 1. The van der Waals surface area contributed by atoms with E-state index in [1.54, 1.807) is 6.07 Å². The van der Waals surface area contributed by atoms with Crippen LogP contribution in [0.2, 0.25) is 0 Å². The van der Waals surface area contributed by atoms with Crippen molar-refractivity contribution in [3.8, 4) is 5.75 Å². The summed E-state index contributed by atoms with van der Waals surface area (Å²) in [7, 11) is 0. The van der Waals surface area contributed by atoms with Crippen molar-refractivity contribution in [2.45, 2.75) is 68.8 Å². The van der Waals surface area contributed by atoms with Gasteiger partial charge in [-0.2, -0.15) is 0 Å². The molecular weight excluding hydrogens is 348 g/mol. The number of hydrogen-bond acceptors (Lipinski definition) is 4. The summed E-state index contributed by atoms with van der Waals surface area (Å²) in [5.41, 5.74) is 2.68. The molecule has 3 N–H and O–H groups in total. The third-order valence-electron chi connectivity index (χ3n) is 7.35. The third-order valence-corrected chi connectivity index (χ3v) is 8.50. The lowest BCUT2D eigenvalue weighted by Crippen LogP contribution is -2.44. The zero-order valence-corrected chi connectivity index (χ0v) is 16.1. The maximum atomic E-state index is 10.8. The summed E-state index contributed by atoms with van der Waals surface area (Å²) in [6.07, 6.45) is 6.25. The normalized spacial score (nSPS) is 35.5. The Morgan fingerprint density at radius 2 is 2.08 bits per heavy atom. The Labute approximate surface area is 159 Å². The minimum absolute atomic E-state index is 0.0780. The first-order valence-corrected chi connectivity index (χ1v) is 10.8. The molecule has 3 aliphatic carbocycles. The summed E-state index contributed by atoms with van der Waals surface area (Å²) in [5, 5.41) is 29.7. The van der Waals surface area contributed by atoms with E-state index >= 15 is 0 Å². The number of benzene rings is 1. The molecule has 3 aliphatic rings. The van der Waals surface area contributed by atoms with E-state index in [1.807, 2.05) is 0 Å². The molecular formula is C21H28O4S. The molecule has 142 valence electrons. The summed E-state index contributed by atoms with van der Waals surface area (Å²) in [5.74, 6) is 1.71. The van der Waals surface area contributed by atoms with Gasteiger partial charge in [0.15, 0.2) is 0 Å². The van der Waals surface area contributed by atoms with Crippen molar-refractivity contribution in [3.63, 3.8) is 0 Å². The van der Waals surface area contributed by atoms with E-state index in [0.29, 0.717) is 23.5 Å². The Balaban J connectivity index is 1.62. The molecule has 4 unspecified atom stereocenters. The first-order chi connectivity index (χ1) is 12.4. The summed E-state index contributed by atoms with van der Waals surface area (Å²) in [6.45, 7) is 2.28. The molecule has 5 heteroatoms. The van der Waals surface area contributed by atoms with Gasteiger partial charge in [-0.05, 0) is 78.9 Å². The standard InChI is InChI=1S/C21H28O4S/c1-21-10-8-13-12-4-6-17(22)20(26-11-9-19(24)25)15(12)3-2-14(13)16(21)5-7-18(21)23/h4,6,13-14,16,18,22-23H,2-3,5,7-11H2,1H3,(H,24,25)/t13?,14?,16?,18-,21?/m0/s1. The number of thioether (sulfide) groups is 1. The highest BCUT2D eigenvalue weighted by Gasteiger charge is 2.54. The number of aliphatic hydroxyl groups excluding tert-OH is 1. The molecule has 2 fully saturated rings. The van der Waals surface area contributed by atoms with Crippen molar-refractivity contribution in [2.75, 3.05) is 5.75 Å². The molecule has 0 radical (unpaired) electrons. The number of rotatable bonds is 4. The largest absolute Gasteiger partial charge is 0.507 e. The molecule has 1 aromatic carbocycles. The fraction of sp³-hybridized carbons (Fsp3) is 0.667. The SMILES string of the molecule is CC12CCC3c4ccc(O)c(SCCC(=O)O)c4CCC3C1CC[C@@H]2O. The van der Waals surface area contributed by atoms with Crippen LogP contribution >= 0.6 is 11.8 Å². The van der Waals surface area contributed by atoms with E-state index in [1.165, 1.54) is 22.9 Å². The number of phenolic OH excluding ortho intramolecular Hbond substituents is 1. The predicted molar refractivity (Wildman–Crippen MR) is 102 cm³/mol. The molecule has 26 heavy (non-hydrogen) atoms. The first-order valence-electron chi connectivity index (χ1n) is 9.79. The van der Waals surface area contributed by atoms with E-state index in [9.17, 15) is 15.0 Å². The van der Waals surface area contributed by atoms with Crippen LogP contribution in [0.3, 0.4) is 0 Å². The molecule has 0 saturated heterocycles. The van der Waals surface area contributed by atoms with Gasteiger partial charge >= 0.3 is 5.97 Å². The summed E-state index contributed by atoms with van der Waals surface area (Å²) in [4.78, 5) is 11.7. The molecule has 4 nitrogen and oxygen atoms in total. The van der Waals surface area contributed by atoms with Gasteiger partial charge in [-0.3, -0.25) is 4.79 Å². The number of aliphatic carboxylic acids is 1. The Hall–Kier alpha value is -1.20. The monoisotopic (exact) mass is 376 g/mol. The van der Waals surface area contributed by atoms with Gasteiger partial charge in [0.05, 0.1) is 17.4 Å². The van der Waals surface area contributed by atoms with Crippen molar-refractivity contribution in [1.29, 1.82) is 0 Å². The summed E-state index contributed by atoms with van der Waals surface area (Å²) < 4.78 is 0. The van der Waals surface area contributed by atoms with E-state index < -0.39 is 5.97 Å². The van der Waals surface area contributed by atoms with Crippen molar-refractivity contribution in [2.24, 2.45) is 17.3 Å². The van der Waals surface area contributed by atoms with Gasteiger partial charge in [0, 0.05) is 5.75 Å². The first kappa shape index (κ1) is 18.2. The fourth-order valence-electron chi connectivity index (χ4n) is 6.00. The number of carboxylic acid groups (broad SMARTS) is 1. The van der Waals surface area contributed by atoms with Gasteiger partial charge in [-0.15, -0.1) is 11.8 Å². The Morgan fingerprint density at radius 1 is 1.27 bits per heavy atom. The van der Waals surface area contributed by atoms with Gasteiger partial charge in [0.2, 0.25) is 0 Å². The molecule has 0 amide bonds. The highest BCUT2D eigenvalue weighted by molar-refractivity contribution is 7.99. The van der Waals surface area contributed by atoms with E-state index in [2.05, 4.69) is 13.0 Å². The number of carboxylic acids is 1. The second-order valence-electron chi connectivity index (χ2n) is 8.53. The number of hydrogen-bond donors (Lipinski definition) is 3. The summed E-state index contributed by atoms with van der Waals surface area (Å²) >= 11 is 1.48. The van der Waals surface area contributed by atoms with Crippen molar-refractivity contribution < 1.29 is 20.1 Å². The smallest absolute Gasteiger partial charge is 0.304 e. The van der Waals surface area contributed by atoms with Crippen LogP contribution in [0.25, 0.3) is 0 Å². The average Bonchev–Trinajstić information content (AvgIpc) is 2.91.